The zero-order chi connectivity index (χ0) is 12.8. The minimum Gasteiger partial charge on any atom is -0.366 e. The van der Waals surface area contributed by atoms with Gasteiger partial charge in [0.2, 0.25) is 0 Å². The maximum absolute atomic E-state index is 4.36. The third-order valence-corrected chi connectivity index (χ3v) is 2.89. The van der Waals surface area contributed by atoms with Crippen LogP contribution in [-0.2, 0) is 0 Å². The van der Waals surface area contributed by atoms with E-state index in [1.165, 1.54) is 0 Å². The van der Waals surface area contributed by atoms with Crippen molar-refractivity contribution in [2.45, 2.75) is 26.3 Å². The Balaban J connectivity index is 2.61. The number of likely N-dealkylation sites (N-methyl/N-ethyl adjacent to an activating group) is 1. The number of hydrogen-bond donors (Lipinski definition) is 1. The zero-order valence-electron chi connectivity index (χ0n) is 11.1. The Morgan fingerprint density at radius 3 is 2.53 bits per heavy atom. The summed E-state index contributed by atoms with van der Waals surface area (Å²) in [6.45, 7) is 5.52. The molecule has 1 unspecified atom stereocenters. The number of anilines is 1. The van der Waals surface area contributed by atoms with Crippen LogP contribution < -0.4 is 5.32 Å². The first-order valence-electron chi connectivity index (χ1n) is 6.00. The molecule has 1 rings (SSSR count). The monoisotopic (exact) mass is 299 g/mol. The fourth-order valence-corrected chi connectivity index (χ4v) is 2.09. The molecule has 1 N–H and O–H groups in total. The van der Waals surface area contributed by atoms with Crippen LogP contribution in [-0.4, -0.2) is 36.6 Å². The molecule has 0 aromatic carbocycles. The van der Waals surface area contributed by atoms with Crippen molar-refractivity contribution < 1.29 is 0 Å². The summed E-state index contributed by atoms with van der Waals surface area (Å²) in [5.41, 5.74) is 0. The van der Waals surface area contributed by atoms with Crippen molar-refractivity contribution >= 4 is 21.7 Å². The number of pyridine rings is 1. The van der Waals surface area contributed by atoms with Gasteiger partial charge in [0.25, 0.3) is 0 Å². The second-order valence-corrected chi connectivity index (χ2v) is 6.01. The zero-order valence-corrected chi connectivity index (χ0v) is 12.7. The van der Waals surface area contributed by atoms with Gasteiger partial charge in [0, 0.05) is 23.3 Å². The lowest BCUT2D eigenvalue weighted by molar-refractivity contribution is 0.356. The Hall–Kier alpha value is -0.610. The summed E-state index contributed by atoms with van der Waals surface area (Å²) in [6, 6.07) is 4.46. The van der Waals surface area contributed by atoms with E-state index in [0.29, 0.717) is 12.0 Å². The number of halogens is 1. The van der Waals surface area contributed by atoms with E-state index in [2.05, 4.69) is 59.1 Å². The Morgan fingerprint density at radius 2 is 2.06 bits per heavy atom. The molecule has 17 heavy (non-hydrogen) atoms. The van der Waals surface area contributed by atoms with Crippen LogP contribution in [0.5, 0.6) is 0 Å². The molecule has 0 fully saturated rings. The molecule has 4 heteroatoms. The fraction of sp³-hybridized carbons (Fsp3) is 0.615. The van der Waals surface area contributed by atoms with Gasteiger partial charge in [-0.05, 0) is 54.5 Å². The molecule has 1 aromatic rings. The molecule has 1 atom stereocenters. The summed E-state index contributed by atoms with van der Waals surface area (Å²) in [7, 11) is 4.20. The highest BCUT2D eigenvalue weighted by molar-refractivity contribution is 9.10. The van der Waals surface area contributed by atoms with Gasteiger partial charge in [-0.15, -0.1) is 0 Å². The molecule has 1 heterocycles. The lowest BCUT2D eigenvalue weighted by atomic mass is 10.0. The standard InChI is InChI=1S/C13H22BrN3/c1-10(2)7-12(9-17(3)4)16-13-6-5-11(14)8-15-13/h5-6,8,10,12H,7,9H2,1-4H3,(H,15,16). The minimum absolute atomic E-state index is 0.443. The first-order valence-corrected chi connectivity index (χ1v) is 6.79. The van der Waals surface area contributed by atoms with Gasteiger partial charge in [-0.1, -0.05) is 13.8 Å². The van der Waals surface area contributed by atoms with Crippen LogP contribution in [0.3, 0.4) is 0 Å². The maximum atomic E-state index is 4.36. The van der Waals surface area contributed by atoms with Crippen LogP contribution in [0.15, 0.2) is 22.8 Å². The lowest BCUT2D eigenvalue weighted by Gasteiger charge is -2.24. The molecule has 0 saturated carbocycles. The Morgan fingerprint density at radius 1 is 1.35 bits per heavy atom. The molecule has 96 valence electrons. The Bertz CT molecular complexity index is 312. The molecule has 3 nitrogen and oxygen atoms in total. The van der Waals surface area contributed by atoms with Crippen molar-refractivity contribution in [1.82, 2.24) is 9.88 Å². The average Bonchev–Trinajstić information content (AvgIpc) is 2.19. The van der Waals surface area contributed by atoms with Gasteiger partial charge in [0.1, 0.15) is 5.82 Å². The normalized spacial score (nSPS) is 13.1. The van der Waals surface area contributed by atoms with E-state index in [4.69, 9.17) is 0 Å². The van der Waals surface area contributed by atoms with Crippen LogP contribution in [0, 0.1) is 5.92 Å². The average molecular weight is 300 g/mol. The first-order chi connectivity index (χ1) is 7.97. The van der Waals surface area contributed by atoms with E-state index in [1.807, 2.05) is 18.3 Å². The highest BCUT2D eigenvalue weighted by Crippen LogP contribution is 2.14. The quantitative estimate of drug-likeness (QED) is 0.874. The molecular formula is C13H22BrN3. The maximum Gasteiger partial charge on any atom is 0.126 e. The molecule has 1 aromatic heterocycles. The number of rotatable bonds is 6. The van der Waals surface area contributed by atoms with E-state index in [9.17, 15) is 0 Å². The van der Waals surface area contributed by atoms with E-state index >= 15 is 0 Å². The van der Waals surface area contributed by atoms with Gasteiger partial charge in [-0.25, -0.2) is 4.98 Å². The Labute approximate surface area is 113 Å². The summed E-state index contributed by atoms with van der Waals surface area (Å²) in [5, 5.41) is 3.50. The summed E-state index contributed by atoms with van der Waals surface area (Å²) in [4.78, 5) is 6.56. The van der Waals surface area contributed by atoms with Gasteiger partial charge >= 0.3 is 0 Å². The summed E-state index contributed by atoms with van der Waals surface area (Å²) in [6.07, 6.45) is 2.97. The molecule has 0 aliphatic heterocycles. The molecule has 0 bridgehead atoms. The van der Waals surface area contributed by atoms with Crippen molar-refractivity contribution in [3.05, 3.63) is 22.8 Å². The number of aromatic nitrogens is 1. The molecule has 0 saturated heterocycles. The van der Waals surface area contributed by atoms with Gasteiger partial charge in [0.05, 0.1) is 0 Å². The molecule has 0 amide bonds. The third-order valence-electron chi connectivity index (χ3n) is 2.42. The second-order valence-electron chi connectivity index (χ2n) is 5.09. The highest BCUT2D eigenvalue weighted by atomic mass is 79.9. The number of hydrogen-bond acceptors (Lipinski definition) is 3. The van der Waals surface area contributed by atoms with E-state index in [-0.39, 0.29) is 0 Å². The summed E-state index contributed by atoms with van der Waals surface area (Å²) < 4.78 is 1.01. The van der Waals surface area contributed by atoms with Crippen molar-refractivity contribution in [3.63, 3.8) is 0 Å². The van der Waals surface area contributed by atoms with Crippen molar-refractivity contribution in [2.75, 3.05) is 26.0 Å². The van der Waals surface area contributed by atoms with E-state index in [1.54, 1.807) is 0 Å². The van der Waals surface area contributed by atoms with Crippen LogP contribution in [0.2, 0.25) is 0 Å². The molecule has 0 radical (unpaired) electrons. The first kappa shape index (κ1) is 14.5. The van der Waals surface area contributed by atoms with Gasteiger partial charge in [-0.3, -0.25) is 0 Å². The minimum atomic E-state index is 0.443. The molecule has 0 spiro atoms. The topological polar surface area (TPSA) is 28.2 Å². The van der Waals surface area contributed by atoms with Crippen LogP contribution in [0.25, 0.3) is 0 Å². The largest absolute Gasteiger partial charge is 0.366 e. The van der Waals surface area contributed by atoms with Crippen LogP contribution in [0.4, 0.5) is 5.82 Å². The van der Waals surface area contributed by atoms with Gasteiger partial charge in [0.15, 0.2) is 0 Å². The van der Waals surface area contributed by atoms with Crippen molar-refractivity contribution in [3.8, 4) is 0 Å². The van der Waals surface area contributed by atoms with Gasteiger partial charge < -0.3 is 10.2 Å². The second kappa shape index (κ2) is 6.97. The lowest BCUT2D eigenvalue weighted by Crippen LogP contribution is -2.33. The predicted molar refractivity (Wildman–Crippen MR) is 77.4 cm³/mol. The number of nitrogens with one attached hydrogen (secondary N) is 1. The molecule has 0 aliphatic rings. The highest BCUT2D eigenvalue weighted by Gasteiger charge is 2.12. The van der Waals surface area contributed by atoms with E-state index in [0.717, 1.165) is 23.3 Å². The summed E-state index contributed by atoms with van der Waals surface area (Å²) >= 11 is 3.39. The van der Waals surface area contributed by atoms with Crippen molar-refractivity contribution in [1.29, 1.82) is 0 Å². The van der Waals surface area contributed by atoms with Crippen LogP contribution in [0.1, 0.15) is 20.3 Å². The van der Waals surface area contributed by atoms with Crippen LogP contribution >= 0.6 is 15.9 Å². The smallest absolute Gasteiger partial charge is 0.126 e. The molecule has 0 aliphatic carbocycles. The van der Waals surface area contributed by atoms with Crippen molar-refractivity contribution in [2.24, 2.45) is 5.92 Å². The van der Waals surface area contributed by atoms with E-state index < -0.39 is 0 Å². The number of nitrogens with zero attached hydrogens (tertiary/aromatic N) is 2. The van der Waals surface area contributed by atoms with Gasteiger partial charge in [-0.2, -0.15) is 0 Å². The molecular weight excluding hydrogens is 278 g/mol. The predicted octanol–water partition coefficient (Wildman–Crippen LogP) is 3.23. The fourth-order valence-electron chi connectivity index (χ4n) is 1.86. The SMILES string of the molecule is CC(C)CC(CN(C)C)Nc1ccc(Br)cn1. The third kappa shape index (κ3) is 6.03. The Kier molecular flexibility index (Phi) is 5.92. The summed E-state index contributed by atoms with van der Waals surface area (Å²) in [5.74, 6) is 1.63.